The summed E-state index contributed by atoms with van der Waals surface area (Å²) < 4.78 is 40.4. The van der Waals surface area contributed by atoms with Crippen LogP contribution in [0, 0.1) is 10.1 Å². The zero-order valence-electron chi connectivity index (χ0n) is 9.00. The largest absolute Gasteiger partial charge is 1.00 e. The van der Waals surface area contributed by atoms with Crippen LogP contribution in [0.15, 0.2) is 16.6 Å². The quantitative estimate of drug-likeness (QED) is 0.446. The maximum absolute atomic E-state index is 12.0. The van der Waals surface area contributed by atoms with Crippen molar-refractivity contribution in [1.82, 2.24) is 0 Å². The predicted octanol–water partition coefficient (Wildman–Crippen LogP) is 0.780. The van der Waals surface area contributed by atoms with Crippen molar-refractivity contribution < 1.29 is 74.0 Å². The van der Waals surface area contributed by atoms with E-state index in [4.69, 9.17) is 11.6 Å². The summed E-state index contributed by atoms with van der Waals surface area (Å²) >= 11 is 8.41. The van der Waals surface area contributed by atoms with Gasteiger partial charge in [-0.25, -0.2) is 0 Å². The molecule has 0 saturated heterocycles. The van der Waals surface area contributed by atoms with Crippen molar-refractivity contribution in [1.29, 1.82) is 0 Å². The Hall–Kier alpha value is 0.681. The Bertz CT molecular complexity index is 462. The Morgan fingerprint density at radius 2 is 2.00 bits per heavy atom. The van der Waals surface area contributed by atoms with Gasteiger partial charge in [0.2, 0.25) is 5.75 Å². The number of benzene rings is 1. The van der Waals surface area contributed by atoms with Gasteiger partial charge in [0.1, 0.15) is 0 Å². The molecule has 1 aromatic carbocycles. The summed E-state index contributed by atoms with van der Waals surface area (Å²) in [6.07, 6.45) is 0. The molecule has 0 saturated carbocycles. The summed E-state index contributed by atoms with van der Waals surface area (Å²) in [5, 5.41) is 10.6. The van der Waals surface area contributed by atoms with Crippen molar-refractivity contribution in [2.75, 3.05) is 6.51 Å². The van der Waals surface area contributed by atoms with Crippen LogP contribution < -0.4 is 56.1 Å². The van der Waals surface area contributed by atoms with Crippen molar-refractivity contribution in [2.45, 2.75) is 0 Å². The topological polar surface area (TPSA) is 52.4 Å². The third-order valence-corrected chi connectivity index (χ3v) is 2.41. The number of nitrogens with zero attached hydrogens (tertiary/aromatic N) is 1. The number of nitro groups is 1. The van der Waals surface area contributed by atoms with Gasteiger partial charge in [-0.2, -0.15) is 0 Å². The maximum atomic E-state index is 12.0. The fraction of sp³-hybridized carbons (Fsp3) is 0.143. The van der Waals surface area contributed by atoms with Crippen LogP contribution in [0.5, 0.6) is 5.75 Å². The van der Waals surface area contributed by atoms with Crippen molar-refractivity contribution in [2.24, 2.45) is 0 Å². The predicted molar refractivity (Wildman–Crippen MR) is 60.4 cm³/mol. The van der Waals surface area contributed by atoms with E-state index in [9.17, 15) is 23.1 Å². The van der Waals surface area contributed by atoms with Gasteiger partial charge >= 0.3 is 64.0 Å². The van der Waals surface area contributed by atoms with E-state index in [1.54, 1.807) is 0 Å². The van der Waals surface area contributed by atoms with Gasteiger partial charge in [0.05, 0.1) is 15.9 Å². The molecule has 0 aliphatic carbocycles. The number of hydrogen-bond donors (Lipinski definition) is 0. The van der Waals surface area contributed by atoms with Gasteiger partial charge in [-0.15, -0.1) is 0 Å². The monoisotopic (exact) mass is 371 g/mol. The molecule has 0 unspecified atom stereocenters. The van der Waals surface area contributed by atoms with Crippen LogP contribution in [0.3, 0.4) is 0 Å². The zero-order chi connectivity index (χ0) is 13.2. The second-order valence-electron chi connectivity index (χ2n) is 3.01. The summed E-state index contributed by atoms with van der Waals surface area (Å²) in [6.45, 7) is -6.74. The van der Waals surface area contributed by atoms with Crippen LogP contribution in [-0.4, -0.2) is 18.4 Å². The van der Waals surface area contributed by atoms with Gasteiger partial charge in [0.25, 0.3) is 0 Å². The Morgan fingerprint density at radius 3 is 2.44 bits per heavy atom. The standard InChI is InChI=1S/C7H4BBrClF3NO3.K/c9-5-1-4(10)2-6(14(15)16)7(5)17-3-8(11,12)13;/h1-2H,3H2;/q-1;+1. The van der Waals surface area contributed by atoms with Crippen LogP contribution in [0.2, 0.25) is 5.02 Å². The number of hydrogen-bond acceptors (Lipinski definition) is 3. The van der Waals surface area contributed by atoms with Crippen LogP contribution in [0.4, 0.5) is 18.6 Å². The molecule has 0 aliphatic heterocycles. The maximum Gasteiger partial charge on any atom is 1.00 e. The van der Waals surface area contributed by atoms with Gasteiger partial charge < -0.3 is 17.7 Å². The number of rotatable bonds is 4. The summed E-state index contributed by atoms with van der Waals surface area (Å²) in [5.41, 5.74) is -0.621. The minimum absolute atomic E-state index is 0. The van der Waals surface area contributed by atoms with Crippen LogP contribution in [-0.2, 0) is 0 Å². The molecular weight excluding hydrogens is 368 g/mol. The molecule has 11 heteroatoms. The summed E-state index contributed by atoms with van der Waals surface area (Å²) in [6, 6.07) is 2.14. The molecule has 0 aromatic heterocycles. The first-order valence-electron chi connectivity index (χ1n) is 4.18. The summed E-state index contributed by atoms with van der Waals surface area (Å²) in [4.78, 5) is 9.75. The molecule has 0 amide bonds. The first-order valence-corrected chi connectivity index (χ1v) is 5.35. The molecule has 0 N–H and O–H groups in total. The molecule has 0 spiro atoms. The van der Waals surface area contributed by atoms with E-state index in [1.807, 2.05) is 0 Å². The van der Waals surface area contributed by atoms with Crippen LogP contribution >= 0.6 is 27.5 Å². The molecule has 0 radical (unpaired) electrons. The SMILES string of the molecule is O=[N+]([O-])c1cc(Cl)cc(Br)c1OC[B-](F)(F)F.[K+]. The molecule has 0 atom stereocenters. The molecule has 4 nitrogen and oxygen atoms in total. The Labute approximate surface area is 156 Å². The number of nitro benzene ring substituents is 1. The third kappa shape index (κ3) is 5.76. The van der Waals surface area contributed by atoms with Crippen molar-refractivity contribution >= 4 is 40.2 Å². The normalized spacial score (nSPS) is 10.7. The van der Waals surface area contributed by atoms with E-state index in [0.29, 0.717) is 0 Å². The van der Waals surface area contributed by atoms with E-state index in [0.717, 1.165) is 6.07 Å². The van der Waals surface area contributed by atoms with Crippen molar-refractivity contribution in [3.63, 3.8) is 0 Å². The molecule has 94 valence electrons. The molecule has 0 fully saturated rings. The van der Waals surface area contributed by atoms with E-state index >= 15 is 0 Å². The van der Waals surface area contributed by atoms with E-state index < -0.39 is 29.8 Å². The fourth-order valence-corrected chi connectivity index (χ4v) is 1.91. The first kappa shape index (κ1) is 18.7. The molecule has 0 heterocycles. The second-order valence-corrected chi connectivity index (χ2v) is 4.31. The summed E-state index contributed by atoms with van der Waals surface area (Å²) in [7, 11) is 0. The molecule has 18 heavy (non-hydrogen) atoms. The van der Waals surface area contributed by atoms with E-state index in [-0.39, 0.29) is 60.9 Å². The average Bonchev–Trinajstić information content (AvgIpc) is 2.13. The number of ether oxygens (including phenoxy) is 1. The molecule has 0 bridgehead atoms. The fourth-order valence-electron chi connectivity index (χ4n) is 1.00. The Morgan fingerprint density at radius 1 is 1.44 bits per heavy atom. The van der Waals surface area contributed by atoms with E-state index in [2.05, 4.69) is 20.7 Å². The smallest absolute Gasteiger partial charge is 0.516 e. The molecule has 1 rings (SSSR count). The zero-order valence-corrected chi connectivity index (χ0v) is 14.5. The third-order valence-electron chi connectivity index (χ3n) is 1.60. The van der Waals surface area contributed by atoms with Crippen molar-refractivity contribution in [3.8, 4) is 5.75 Å². The number of halogens is 5. The van der Waals surface area contributed by atoms with Crippen molar-refractivity contribution in [3.05, 3.63) is 31.7 Å². The Balaban J connectivity index is 0.00000289. The first-order chi connectivity index (χ1) is 7.70. The van der Waals surface area contributed by atoms with E-state index in [1.165, 1.54) is 6.07 Å². The van der Waals surface area contributed by atoms with Gasteiger partial charge in [-0.1, -0.05) is 11.6 Å². The molecular formula is C7H4BBrClF3KNO3. The average molecular weight is 372 g/mol. The minimum Gasteiger partial charge on any atom is -0.516 e. The van der Waals surface area contributed by atoms with Gasteiger partial charge in [0.15, 0.2) is 0 Å². The second kappa shape index (κ2) is 7.46. The van der Waals surface area contributed by atoms with Crippen LogP contribution in [0.1, 0.15) is 0 Å². The van der Waals surface area contributed by atoms with Gasteiger partial charge in [-0.05, 0) is 22.0 Å². The van der Waals surface area contributed by atoms with Gasteiger partial charge in [-0.3, -0.25) is 10.1 Å². The van der Waals surface area contributed by atoms with Gasteiger partial charge in [0, 0.05) is 11.1 Å². The minimum atomic E-state index is -5.19. The van der Waals surface area contributed by atoms with Crippen LogP contribution in [0.25, 0.3) is 0 Å². The summed E-state index contributed by atoms with van der Waals surface area (Å²) in [5.74, 6) is -0.487. The molecule has 1 aromatic rings. The Kier molecular flexibility index (Phi) is 7.74. The molecule has 0 aliphatic rings.